The lowest BCUT2D eigenvalue weighted by Crippen LogP contribution is -2.51. The lowest BCUT2D eigenvalue weighted by Gasteiger charge is -2.33. The molecule has 1 aliphatic heterocycles. The maximum Gasteiger partial charge on any atom is 0.273 e. The molecule has 0 spiro atoms. The number of rotatable bonds is 6. The van der Waals surface area contributed by atoms with Gasteiger partial charge >= 0.3 is 0 Å². The summed E-state index contributed by atoms with van der Waals surface area (Å²) in [6.45, 7) is 2.87. The molecular weight excluding hydrogens is 460 g/mol. The van der Waals surface area contributed by atoms with E-state index in [2.05, 4.69) is 4.98 Å². The lowest BCUT2D eigenvalue weighted by molar-refractivity contribution is -0.130. The molecule has 1 aromatic heterocycles. The van der Waals surface area contributed by atoms with E-state index in [9.17, 15) is 13.6 Å². The molecule has 4 rings (SSSR count). The van der Waals surface area contributed by atoms with Crippen molar-refractivity contribution in [2.45, 2.75) is 25.6 Å². The molecule has 32 heavy (non-hydrogen) atoms. The summed E-state index contributed by atoms with van der Waals surface area (Å²) in [4.78, 5) is 21.3. The number of benzene rings is 2. The summed E-state index contributed by atoms with van der Waals surface area (Å²) < 4.78 is 40.1. The molecule has 0 fully saturated rings. The Kier molecular flexibility index (Phi) is 7.53. The molecule has 2 heterocycles. The van der Waals surface area contributed by atoms with E-state index in [-0.39, 0.29) is 23.8 Å². The van der Waals surface area contributed by atoms with Gasteiger partial charge in [-0.3, -0.25) is 9.69 Å². The number of para-hydroxylation sites is 2. The molecule has 0 bridgehead atoms. The first-order valence-corrected chi connectivity index (χ1v) is 10.8. The fraction of sp³-hybridized carbons (Fsp3) is 0.364. The van der Waals surface area contributed by atoms with Gasteiger partial charge in [0.1, 0.15) is 17.4 Å². The van der Waals surface area contributed by atoms with E-state index < -0.39 is 23.8 Å². The summed E-state index contributed by atoms with van der Waals surface area (Å²) in [6, 6.07) is 9.18. The van der Waals surface area contributed by atoms with Crippen LogP contribution in [0, 0.1) is 11.6 Å². The second kappa shape index (κ2) is 9.97. The number of hydrogen-bond donors (Lipinski definition) is 0. The Bertz CT molecular complexity index is 1110. The Labute approximate surface area is 195 Å². The number of carbonyl (C=O) groups is 1. The van der Waals surface area contributed by atoms with Crippen LogP contribution < -0.4 is 14.4 Å². The third-order valence-electron chi connectivity index (χ3n) is 4.97. The van der Waals surface area contributed by atoms with Gasteiger partial charge in [-0.25, -0.2) is 13.8 Å². The van der Waals surface area contributed by atoms with Crippen LogP contribution in [0.25, 0.3) is 10.2 Å². The molecule has 1 aliphatic rings. The number of carbonyl (C=O) groups excluding carboxylic acids is 1. The van der Waals surface area contributed by atoms with Gasteiger partial charge < -0.3 is 14.4 Å². The topological polar surface area (TPSA) is 54.9 Å². The molecule has 0 aliphatic carbocycles. The van der Waals surface area contributed by atoms with Crippen molar-refractivity contribution in [1.29, 1.82) is 0 Å². The Balaban J connectivity index is 0.00000289. The van der Waals surface area contributed by atoms with Gasteiger partial charge in [-0.05, 0) is 52.2 Å². The van der Waals surface area contributed by atoms with Crippen molar-refractivity contribution in [2.24, 2.45) is 0 Å². The zero-order chi connectivity index (χ0) is 22.1. The summed E-state index contributed by atoms with van der Waals surface area (Å²) in [5.41, 5.74) is 0.0472. The average molecular weight is 484 g/mol. The van der Waals surface area contributed by atoms with Crippen LogP contribution in [-0.4, -0.2) is 55.2 Å². The number of nitrogens with zero attached hydrogens (tertiary/aromatic N) is 3. The van der Waals surface area contributed by atoms with Crippen molar-refractivity contribution in [3.63, 3.8) is 0 Å². The molecule has 0 saturated carbocycles. The van der Waals surface area contributed by atoms with E-state index in [0.717, 1.165) is 23.9 Å². The van der Waals surface area contributed by atoms with Crippen molar-refractivity contribution in [1.82, 2.24) is 9.88 Å². The highest BCUT2D eigenvalue weighted by Crippen LogP contribution is 2.36. The van der Waals surface area contributed by atoms with Crippen LogP contribution >= 0.6 is 23.7 Å². The molecule has 0 N–H and O–H groups in total. The summed E-state index contributed by atoms with van der Waals surface area (Å²) in [6.07, 6.45) is -0.741. The SMILES string of the molecule is CC1Oc2ccccc2OC1C(=O)N(CCCN(C)C)c1nc2c(F)cc(F)cc2s1.Cl. The standard InChI is InChI=1S/C22H23F2N3O3S.ClH/c1-13-20(30-17-8-5-4-7-16(17)29-13)21(28)27(10-6-9-26(2)3)22-25-19-15(24)11-14(23)12-18(19)31-22;/h4-5,7-8,11-13,20H,6,9-10H2,1-3H3;1H. The monoisotopic (exact) mass is 483 g/mol. The average Bonchev–Trinajstić information content (AvgIpc) is 3.14. The summed E-state index contributed by atoms with van der Waals surface area (Å²) in [5.74, 6) is -0.696. The first-order chi connectivity index (χ1) is 14.8. The highest BCUT2D eigenvalue weighted by atomic mass is 35.5. The van der Waals surface area contributed by atoms with Crippen LogP contribution in [0.2, 0.25) is 0 Å². The summed E-state index contributed by atoms with van der Waals surface area (Å²) >= 11 is 1.08. The van der Waals surface area contributed by atoms with Crippen LogP contribution in [0.5, 0.6) is 11.5 Å². The first-order valence-electron chi connectivity index (χ1n) is 9.97. The zero-order valence-electron chi connectivity index (χ0n) is 17.9. The number of thiazole rings is 1. The molecule has 172 valence electrons. The van der Waals surface area contributed by atoms with Crippen molar-refractivity contribution < 1.29 is 23.0 Å². The smallest absolute Gasteiger partial charge is 0.273 e. The second-order valence-electron chi connectivity index (χ2n) is 7.69. The minimum atomic E-state index is -0.886. The second-order valence-corrected chi connectivity index (χ2v) is 8.69. The molecule has 10 heteroatoms. The number of halogens is 3. The molecule has 1 amide bonds. The molecule has 2 unspecified atom stereocenters. The van der Waals surface area contributed by atoms with Crippen LogP contribution in [0.4, 0.5) is 13.9 Å². The molecule has 3 aromatic rings. The van der Waals surface area contributed by atoms with E-state index in [0.29, 0.717) is 34.3 Å². The number of anilines is 1. The number of hydrogen-bond acceptors (Lipinski definition) is 6. The predicted molar refractivity (Wildman–Crippen MR) is 123 cm³/mol. The van der Waals surface area contributed by atoms with Crippen LogP contribution in [0.15, 0.2) is 36.4 Å². The summed E-state index contributed by atoms with van der Waals surface area (Å²) in [7, 11) is 3.89. The number of aromatic nitrogens is 1. The van der Waals surface area contributed by atoms with Gasteiger partial charge in [0.2, 0.25) is 6.10 Å². The molecule has 2 atom stereocenters. The van der Waals surface area contributed by atoms with E-state index in [1.807, 2.05) is 25.1 Å². The minimum Gasteiger partial charge on any atom is -0.482 e. The van der Waals surface area contributed by atoms with E-state index in [4.69, 9.17) is 9.47 Å². The third-order valence-corrected chi connectivity index (χ3v) is 6.00. The van der Waals surface area contributed by atoms with Gasteiger partial charge in [-0.2, -0.15) is 0 Å². The lowest BCUT2D eigenvalue weighted by atomic mass is 10.1. The Morgan fingerprint density at radius 1 is 1.12 bits per heavy atom. The summed E-state index contributed by atoms with van der Waals surface area (Å²) in [5, 5.41) is 0.304. The van der Waals surface area contributed by atoms with Gasteiger partial charge in [0.05, 0.1) is 4.70 Å². The van der Waals surface area contributed by atoms with Gasteiger partial charge in [-0.1, -0.05) is 23.5 Å². The highest BCUT2D eigenvalue weighted by molar-refractivity contribution is 7.22. The Morgan fingerprint density at radius 2 is 1.81 bits per heavy atom. The van der Waals surface area contributed by atoms with Crippen molar-refractivity contribution in [3.8, 4) is 11.5 Å². The largest absolute Gasteiger partial charge is 0.482 e. The molecule has 2 aromatic carbocycles. The molecular formula is C22H24ClF2N3O3S. The molecule has 0 radical (unpaired) electrons. The predicted octanol–water partition coefficient (Wildman–Crippen LogP) is 4.51. The van der Waals surface area contributed by atoms with Crippen LogP contribution in [-0.2, 0) is 4.79 Å². The first kappa shape index (κ1) is 24.2. The van der Waals surface area contributed by atoms with E-state index in [1.165, 1.54) is 11.0 Å². The number of fused-ring (bicyclic) bond motifs is 2. The normalized spacial score (nSPS) is 17.3. The fourth-order valence-corrected chi connectivity index (χ4v) is 4.49. The van der Waals surface area contributed by atoms with Crippen LogP contribution in [0.3, 0.4) is 0 Å². The van der Waals surface area contributed by atoms with Crippen molar-refractivity contribution in [3.05, 3.63) is 48.0 Å². The Hall–Kier alpha value is -2.49. The molecule has 6 nitrogen and oxygen atoms in total. The van der Waals surface area contributed by atoms with Crippen LogP contribution in [0.1, 0.15) is 13.3 Å². The van der Waals surface area contributed by atoms with Crippen molar-refractivity contribution >= 4 is 45.0 Å². The van der Waals surface area contributed by atoms with Gasteiger partial charge in [0, 0.05) is 12.6 Å². The number of amides is 1. The maximum atomic E-state index is 14.2. The van der Waals surface area contributed by atoms with E-state index >= 15 is 0 Å². The maximum absolute atomic E-state index is 14.2. The van der Waals surface area contributed by atoms with E-state index in [1.54, 1.807) is 25.1 Å². The van der Waals surface area contributed by atoms with Gasteiger partial charge in [0.25, 0.3) is 5.91 Å². The highest BCUT2D eigenvalue weighted by Gasteiger charge is 2.38. The quantitative estimate of drug-likeness (QED) is 0.516. The zero-order valence-corrected chi connectivity index (χ0v) is 19.5. The van der Waals surface area contributed by atoms with Gasteiger partial charge in [-0.15, -0.1) is 12.4 Å². The van der Waals surface area contributed by atoms with Gasteiger partial charge in [0.15, 0.2) is 22.4 Å². The van der Waals surface area contributed by atoms with Crippen molar-refractivity contribution in [2.75, 3.05) is 32.1 Å². The minimum absolute atomic E-state index is 0. The number of ether oxygens (including phenoxy) is 2. The third kappa shape index (κ3) is 4.95. The fourth-order valence-electron chi connectivity index (χ4n) is 3.45. The Morgan fingerprint density at radius 3 is 2.50 bits per heavy atom. The molecule has 0 saturated heterocycles.